The Labute approximate surface area is 202 Å². The number of amides is 1. The van der Waals surface area contributed by atoms with Crippen molar-refractivity contribution in [2.24, 2.45) is 0 Å². The number of aliphatic hydroxyl groups is 1. The quantitative estimate of drug-likeness (QED) is 0.604. The van der Waals surface area contributed by atoms with Gasteiger partial charge >= 0.3 is 0 Å². The number of likely N-dealkylation sites (tertiary alicyclic amines) is 1. The van der Waals surface area contributed by atoms with E-state index < -0.39 is 11.4 Å². The number of thiazole rings is 1. The van der Waals surface area contributed by atoms with Crippen LogP contribution in [-0.4, -0.2) is 70.1 Å². The van der Waals surface area contributed by atoms with Gasteiger partial charge in [-0.25, -0.2) is 14.4 Å². The van der Waals surface area contributed by atoms with E-state index in [0.29, 0.717) is 31.6 Å². The highest BCUT2D eigenvalue weighted by atomic mass is 32.1. The Morgan fingerprint density at radius 2 is 1.76 bits per heavy atom. The van der Waals surface area contributed by atoms with E-state index in [9.17, 15) is 14.3 Å². The molecule has 5 rings (SSSR count). The van der Waals surface area contributed by atoms with Crippen LogP contribution >= 0.6 is 11.3 Å². The first-order chi connectivity index (χ1) is 16.5. The Balaban J connectivity index is 1.15. The maximum Gasteiger partial charge on any atom is 0.256 e. The van der Waals surface area contributed by atoms with Gasteiger partial charge in [-0.1, -0.05) is 18.2 Å². The first-order valence-corrected chi connectivity index (χ1v) is 12.5. The summed E-state index contributed by atoms with van der Waals surface area (Å²) in [5.74, 6) is 0.169. The summed E-state index contributed by atoms with van der Waals surface area (Å²) in [7, 11) is 0. The number of hydrogen-bond donors (Lipinski definition) is 1. The summed E-state index contributed by atoms with van der Waals surface area (Å²) in [6, 6.07) is 12.0. The molecule has 2 aromatic heterocycles. The lowest BCUT2D eigenvalue weighted by molar-refractivity contribution is -0.0242. The maximum absolute atomic E-state index is 14.0. The highest BCUT2D eigenvalue weighted by Crippen LogP contribution is 2.34. The number of pyridine rings is 1. The minimum Gasteiger partial charge on any atom is -0.383 e. The first-order valence-electron chi connectivity index (χ1n) is 11.6. The second-order valence-corrected chi connectivity index (χ2v) is 9.82. The van der Waals surface area contributed by atoms with Crippen molar-refractivity contribution in [2.45, 2.75) is 25.0 Å². The topological polar surface area (TPSA) is 72.8 Å². The lowest BCUT2D eigenvalue weighted by atomic mass is 9.88. The average Bonchev–Trinajstić information content (AvgIpc) is 3.35. The maximum atomic E-state index is 14.0. The molecule has 2 saturated heterocycles. The van der Waals surface area contributed by atoms with Gasteiger partial charge in [0.05, 0.1) is 17.8 Å². The SMILES string of the molecule is O=C(c1ccccc1F)N1CCC(O)(c2csc(CN3CCN(c4ccccn4)CC3)n2)CC1. The van der Waals surface area contributed by atoms with Crippen molar-refractivity contribution in [3.05, 3.63) is 76.1 Å². The summed E-state index contributed by atoms with van der Waals surface area (Å²) in [5.41, 5.74) is -0.303. The Bertz CT molecular complexity index is 1130. The molecular weight excluding hydrogens is 453 g/mol. The molecule has 1 aromatic carbocycles. The van der Waals surface area contributed by atoms with Gasteiger partial charge in [0.25, 0.3) is 5.91 Å². The normalized spacial score (nSPS) is 18.8. The largest absolute Gasteiger partial charge is 0.383 e. The number of piperidine rings is 1. The van der Waals surface area contributed by atoms with Gasteiger partial charge in [-0.2, -0.15) is 0 Å². The number of rotatable bonds is 5. The fourth-order valence-electron chi connectivity index (χ4n) is 4.61. The van der Waals surface area contributed by atoms with Crippen molar-refractivity contribution in [3.63, 3.8) is 0 Å². The third kappa shape index (κ3) is 4.82. The fraction of sp³-hybridized carbons (Fsp3) is 0.400. The molecule has 3 aromatic rings. The summed E-state index contributed by atoms with van der Waals surface area (Å²) in [5, 5.41) is 14.2. The molecule has 178 valence electrons. The van der Waals surface area contributed by atoms with E-state index in [1.807, 2.05) is 29.8 Å². The van der Waals surface area contributed by atoms with Crippen molar-refractivity contribution >= 4 is 23.1 Å². The van der Waals surface area contributed by atoms with E-state index in [1.165, 1.54) is 12.1 Å². The summed E-state index contributed by atoms with van der Waals surface area (Å²) in [6.45, 7) is 5.20. The highest BCUT2D eigenvalue weighted by Gasteiger charge is 2.38. The van der Waals surface area contributed by atoms with Gasteiger partial charge in [0.1, 0.15) is 22.2 Å². The lowest BCUT2D eigenvalue weighted by Crippen LogP contribution is -2.46. The van der Waals surface area contributed by atoms with Crippen molar-refractivity contribution in [1.82, 2.24) is 19.8 Å². The Kier molecular flexibility index (Phi) is 6.58. The van der Waals surface area contributed by atoms with Crippen LogP contribution in [0, 0.1) is 5.82 Å². The second kappa shape index (κ2) is 9.77. The van der Waals surface area contributed by atoms with Gasteiger partial charge in [-0.15, -0.1) is 11.3 Å². The Hall–Kier alpha value is -2.88. The van der Waals surface area contributed by atoms with Crippen LogP contribution in [0.25, 0.3) is 0 Å². The van der Waals surface area contributed by atoms with Gasteiger partial charge in [0, 0.05) is 50.8 Å². The molecule has 9 heteroatoms. The molecule has 1 N–H and O–H groups in total. The zero-order valence-corrected chi connectivity index (χ0v) is 19.8. The second-order valence-electron chi connectivity index (χ2n) is 8.88. The zero-order chi connectivity index (χ0) is 23.5. The number of carbonyl (C=O) groups is 1. The first kappa shape index (κ1) is 22.9. The van der Waals surface area contributed by atoms with Gasteiger partial charge in [0.2, 0.25) is 0 Å². The molecule has 0 atom stereocenters. The number of hydrogen-bond acceptors (Lipinski definition) is 7. The molecule has 34 heavy (non-hydrogen) atoms. The van der Waals surface area contributed by atoms with E-state index >= 15 is 0 Å². The van der Waals surface area contributed by atoms with Crippen LogP contribution in [0.1, 0.15) is 33.9 Å². The van der Waals surface area contributed by atoms with Crippen molar-refractivity contribution in [2.75, 3.05) is 44.2 Å². The molecule has 0 bridgehead atoms. The van der Waals surface area contributed by atoms with Gasteiger partial charge in [-0.05, 0) is 37.1 Å². The predicted octanol–water partition coefficient (Wildman–Crippen LogP) is 3.12. The minimum absolute atomic E-state index is 0.0760. The van der Waals surface area contributed by atoms with Gasteiger partial charge < -0.3 is 14.9 Å². The summed E-state index contributed by atoms with van der Waals surface area (Å²) in [6.07, 6.45) is 2.60. The van der Waals surface area contributed by atoms with Crippen LogP contribution in [0.5, 0.6) is 0 Å². The number of carbonyl (C=O) groups excluding carboxylic acids is 1. The minimum atomic E-state index is -1.06. The predicted molar refractivity (Wildman–Crippen MR) is 129 cm³/mol. The average molecular weight is 482 g/mol. The number of nitrogens with zero attached hydrogens (tertiary/aromatic N) is 5. The summed E-state index contributed by atoms with van der Waals surface area (Å²) < 4.78 is 14.0. The summed E-state index contributed by atoms with van der Waals surface area (Å²) >= 11 is 1.57. The van der Waals surface area contributed by atoms with E-state index in [4.69, 9.17) is 4.98 Å². The van der Waals surface area contributed by atoms with Crippen LogP contribution in [-0.2, 0) is 12.1 Å². The van der Waals surface area contributed by atoms with Crippen LogP contribution in [0.15, 0.2) is 54.0 Å². The van der Waals surface area contributed by atoms with Gasteiger partial charge in [0.15, 0.2) is 0 Å². The van der Waals surface area contributed by atoms with Crippen LogP contribution in [0.2, 0.25) is 0 Å². The molecule has 4 heterocycles. The molecule has 0 unspecified atom stereocenters. The van der Waals surface area contributed by atoms with E-state index in [-0.39, 0.29) is 11.5 Å². The van der Waals surface area contributed by atoms with Crippen molar-refractivity contribution in [3.8, 4) is 0 Å². The summed E-state index contributed by atoms with van der Waals surface area (Å²) in [4.78, 5) is 28.2. The third-order valence-electron chi connectivity index (χ3n) is 6.72. The van der Waals surface area contributed by atoms with Crippen LogP contribution in [0.4, 0.5) is 10.2 Å². The van der Waals surface area contributed by atoms with Gasteiger partial charge in [-0.3, -0.25) is 9.69 Å². The molecule has 2 fully saturated rings. The van der Waals surface area contributed by atoms with Crippen molar-refractivity contribution < 1.29 is 14.3 Å². The number of aromatic nitrogens is 2. The number of benzene rings is 1. The molecule has 0 aliphatic carbocycles. The molecule has 0 radical (unpaired) electrons. The zero-order valence-electron chi connectivity index (χ0n) is 18.9. The monoisotopic (exact) mass is 481 g/mol. The molecule has 0 spiro atoms. The fourth-order valence-corrected chi connectivity index (χ4v) is 5.53. The number of anilines is 1. The molecule has 2 aliphatic heterocycles. The molecular formula is C25H28FN5O2S. The molecule has 0 saturated carbocycles. The van der Waals surface area contributed by atoms with E-state index in [0.717, 1.165) is 43.5 Å². The van der Waals surface area contributed by atoms with Crippen LogP contribution < -0.4 is 4.90 Å². The molecule has 1 amide bonds. The number of piperazine rings is 1. The third-order valence-corrected chi connectivity index (χ3v) is 7.55. The van der Waals surface area contributed by atoms with E-state index in [2.05, 4.69) is 14.8 Å². The molecule has 7 nitrogen and oxygen atoms in total. The van der Waals surface area contributed by atoms with E-state index in [1.54, 1.807) is 28.4 Å². The van der Waals surface area contributed by atoms with Crippen molar-refractivity contribution in [1.29, 1.82) is 0 Å². The highest BCUT2D eigenvalue weighted by molar-refractivity contribution is 7.09. The number of halogens is 1. The Morgan fingerprint density at radius 3 is 2.47 bits per heavy atom. The lowest BCUT2D eigenvalue weighted by Gasteiger charge is -2.37. The molecule has 2 aliphatic rings. The smallest absolute Gasteiger partial charge is 0.256 e. The Morgan fingerprint density at radius 1 is 1.03 bits per heavy atom. The van der Waals surface area contributed by atoms with Crippen LogP contribution in [0.3, 0.4) is 0 Å². The standard InChI is InChI=1S/C25H28FN5O2S/c26-20-6-2-1-5-19(20)24(32)31-11-8-25(33,9-12-31)21-18-34-23(28-21)17-29-13-15-30(16-14-29)22-7-3-4-10-27-22/h1-7,10,18,33H,8-9,11-17H2.